The molecule has 1 aromatic heterocycles. The van der Waals surface area contributed by atoms with Gasteiger partial charge in [0.1, 0.15) is 0 Å². The van der Waals surface area contributed by atoms with Crippen molar-refractivity contribution in [2.45, 2.75) is 39.7 Å². The van der Waals surface area contributed by atoms with Crippen LogP contribution in [0.4, 0.5) is 5.95 Å². The predicted molar refractivity (Wildman–Crippen MR) is 74.6 cm³/mol. The maximum Gasteiger partial charge on any atom is 0.225 e. The Morgan fingerprint density at radius 1 is 1.28 bits per heavy atom. The molecule has 0 atom stereocenters. The molecule has 1 aliphatic carbocycles. The number of hydrogen-bond donors (Lipinski definition) is 1. The molecule has 0 aromatic carbocycles. The number of hydrogen-bond acceptors (Lipinski definition) is 4. The first-order valence-corrected chi connectivity index (χ1v) is 7.10. The molecular formula is C14H24N4. The van der Waals surface area contributed by atoms with Gasteiger partial charge >= 0.3 is 0 Å². The van der Waals surface area contributed by atoms with Gasteiger partial charge in [-0.2, -0.15) is 0 Å². The van der Waals surface area contributed by atoms with Gasteiger partial charge in [0.2, 0.25) is 5.95 Å². The second-order valence-electron chi connectivity index (χ2n) is 5.05. The van der Waals surface area contributed by atoms with Gasteiger partial charge in [-0.3, -0.25) is 0 Å². The van der Waals surface area contributed by atoms with Crippen LogP contribution in [0.3, 0.4) is 0 Å². The second-order valence-corrected chi connectivity index (χ2v) is 5.05. The molecule has 0 amide bonds. The largest absolute Gasteiger partial charge is 0.341 e. The summed E-state index contributed by atoms with van der Waals surface area (Å²) in [6, 6.07) is 0. The summed E-state index contributed by atoms with van der Waals surface area (Å²) >= 11 is 0. The third-order valence-electron chi connectivity index (χ3n) is 3.29. The maximum absolute atomic E-state index is 4.48. The van der Waals surface area contributed by atoms with Crippen LogP contribution in [0.25, 0.3) is 0 Å². The molecule has 0 spiro atoms. The topological polar surface area (TPSA) is 41.1 Å². The summed E-state index contributed by atoms with van der Waals surface area (Å²) in [4.78, 5) is 11.2. The van der Waals surface area contributed by atoms with Crippen molar-refractivity contribution >= 4 is 5.95 Å². The Hall–Kier alpha value is -1.16. The molecule has 1 fully saturated rings. The summed E-state index contributed by atoms with van der Waals surface area (Å²) in [6.45, 7) is 8.35. The van der Waals surface area contributed by atoms with Crippen LogP contribution in [0.15, 0.2) is 12.4 Å². The second kappa shape index (κ2) is 6.69. The van der Waals surface area contributed by atoms with Crippen LogP contribution >= 0.6 is 0 Å². The first-order valence-electron chi connectivity index (χ1n) is 7.10. The van der Waals surface area contributed by atoms with E-state index in [-0.39, 0.29) is 0 Å². The van der Waals surface area contributed by atoms with Crippen LogP contribution in [0.5, 0.6) is 0 Å². The van der Waals surface area contributed by atoms with Crippen LogP contribution in [-0.2, 0) is 6.54 Å². The van der Waals surface area contributed by atoms with Crippen molar-refractivity contribution in [3.63, 3.8) is 0 Å². The minimum Gasteiger partial charge on any atom is -0.341 e. The lowest BCUT2D eigenvalue weighted by atomic mass is 10.3. The molecule has 0 aliphatic heterocycles. The molecule has 1 heterocycles. The van der Waals surface area contributed by atoms with Gasteiger partial charge in [0, 0.05) is 37.6 Å². The number of rotatable bonds is 8. The molecule has 4 heteroatoms. The average molecular weight is 248 g/mol. The van der Waals surface area contributed by atoms with Gasteiger partial charge < -0.3 is 10.2 Å². The minimum atomic E-state index is 0.864. The van der Waals surface area contributed by atoms with Gasteiger partial charge in [-0.1, -0.05) is 6.92 Å². The Balaban J connectivity index is 1.88. The highest BCUT2D eigenvalue weighted by atomic mass is 15.2. The zero-order valence-corrected chi connectivity index (χ0v) is 11.5. The summed E-state index contributed by atoms with van der Waals surface area (Å²) in [5.41, 5.74) is 1.16. The van der Waals surface area contributed by atoms with E-state index in [4.69, 9.17) is 0 Å². The molecule has 100 valence electrons. The van der Waals surface area contributed by atoms with Crippen molar-refractivity contribution in [2.75, 3.05) is 24.5 Å². The lowest BCUT2D eigenvalue weighted by molar-refractivity contribution is 0.669. The Labute approximate surface area is 110 Å². The number of anilines is 1. The fourth-order valence-corrected chi connectivity index (χ4v) is 1.98. The molecule has 0 bridgehead atoms. The zero-order chi connectivity index (χ0) is 12.8. The molecule has 18 heavy (non-hydrogen) atoms. The van der Waals surface area contributed by atoms with Crippen LogP contribution in [0.1, 0.15) is 38.7 Å². The molecule has 2 rings (SSSR count). The summed E-state index contributed by atoms with van der Waals surface area (Å²) in [6.07, 6.45) is 7.79. The Kier molecular flexibility index (Phi) is 4.93. The normalized spacial score (nSPS) is 14.8. The standard InChI is InChI=1S/C14H24N4/c1-3-7-15-8-13-9-16-14(17-10-13)18(4-2)11-12-5-6-12/h9-10,12,15H,3-8,11H2,1-2H3. The van der Waals surface area contributed by atoms with E-state index >= 15 is 0 Å². The van der Waals surface area contributed by atoms with Crippen molar-refractivity contribution in [2.24, 2.45) is 5.92 Å². The monoisotopic (exact) mass is 248 g/mol. The number of nitrogens with zero attached hydrogens (tertiary/aromatic N) is 3. The fraction of sp³-hybridized carbons (Fsp3) is 0.714. The molecule has 1 saturated carbocycles. The number of aromatic nitrogens is 2. The third kappa shape index (κ3) is 3.95. The third-order valence-corrected chi connectivity index (χ3v) is 3.29. The van der Waals surface area contributed by atoms with E-state index in [2.05, 4.69) is 34.0 Å². The maximum atomic E-state index is 4.48. The van der Waals surface area contributed by atoms with Crippen molar-refractivity contribution in [1.82, 2.24) is 15.3 Å². The molecule has 0 unspecified atom stereocenters. The van der Waals surface area contributed by atoms with E-state index in [9.17, 15) is 0 Å². The highest BCUT2D eigenvalue weighted by Crippen LogP contribution is 2.30. The summed E-state index contributed by atoms with van der Waals surface area (Å²) in [5.74, 6) is 1.75. The Morgan fingerprint density at radius 2 is 2.00 bits per heavy atom. The van der Waals surface area contributed by atoms with E-state index in [0.717, 1.165) is 50.0 Å². The molecule has 0 radical (unpaired) electrons. The van der Waals surface area contributed by atoms with Crippen molar-refractivity contribution in [3.05, 3.63) is 18.0 Å². The summed E-state index contributed by atoms with van der Waals surface area (Å²) in [5, 5.41) is 3.36. The SMILES string of the molecule is CCCNCc1cnc(N(CC)CC2CC2)nc1. The summed E-state index contributed by atoms with van der Waals surface area (Å²) < 4.78 is 0. The van der Waals surface area contributed by atoms with E-state index in [1.807, 2.05) is 12.4 Å². The van der Waals surface area contributed by atoms with Gasteiger partial charge in [0.05, 0.1) is 0 Å². The molecule has 1 aromatic rings. The number of nitrogens with one attached hydrogen (secondary N) is 1. The van der Waals surface area contributed by atoms with Gasteiger partial charge in [0.15, 0.2) is 0 Å². The highest BCUT2D eigenvalue weighted by molar-refractivity contribution is 5.30. The van der Waals surface area contributed by atoms with Crippen molar-refractivity contribution < 1.29 is 0 Å². The first-order chi connectivity index (χ1) is 8.83. The van der Waals surface area contributed by atoms with E-state index < -0.39 is 0 Å². The quantitative estimate of drug-likeness (QED) is 0.716. The Bertz CT molecular complexity index is 345. The molecular weight excluding hydrogens is 224 g/mol. The van der Waals surface area contributed by atoms with E-state index in [1.165, 1.54) is 12.8 Å². The lowest BCUT2D eigenvalue weighted by Crippen LogP contribution is -2.27. The zero-order valence-electron chi connectivity index (χ0n) is 11.5. The Morgan fingerprint density at radius 3 is 2.56 bits per heavy atom. The van der Waals surface area contributed by atoms with Crippen LogP contribution in [-0.4, -0.2) is 29.6 Å². The van der Waals surface area contributed by atoms with E-state index in [1.54, 1.807) is 0 Å². The van der Waals surface area contributed by atoms with Gasteiger partial charge in [-0.25, -0.2) is 9.97 Å². The molecule has 1 aliphatic rings. The lowest BCUT2D eigenvalue weighted by Gasteiger charge is -2.20. The van der Waals surface area contributed by atoms with Crippen molar-refractivity contribution in [3.8, 4) is 0 Å². The van der Waals surface area contributed by atoms with Crippen LogP contribution < -0.4 is 10.2 Å². The van der Waals surface area contributed by atoms with Gasteiger partial charge in [-0.05, 0) is 38.6 Å². The van der Waals surface area contributed by atoms with Crippen LogP contribution in [0, 0.1) is 5.92 Å². The molecule has 4 nitrogen and oxygen atoms in total. The first kappa shape index (κ1) is 13.3. The molecule has 1 N–H and O–H groups in total. The minimum absolute atomic E-state index is 0.864. The van der Waals surface area contributed by atoms with E-state index in [0.29, 0.717) is 0 Å². The van der Waals surface area contributed by atoms with Gasteiger partial charge in [-0.15, -0.1) is 0 Å². The summed E-state index contributed by atoms with van der Waals surface area (Å²) in [7, 11) is 0. The predicted octanol–water partition coefficient (Wildman–Crippen LogP) is 2.21. The van der Waals surface area contributed by atoms with Crippen LogP contribution in [0.2, 0.25) is 0 Å². The smallest absolute Gasteiger partial charge is 0.225 e. The fourth-order valence-electron chi connectivity index (χ4n) is 1.98. The molecule has 0 saturated heterocycles. The highest BCUT2D eigenvalue weighted by Gasteiger charge is 2.24. The van der Waals surface area contributed by atoms with Gasteiger partial charge in [0.25, 0.3) is 0 Å². The van der Waals surface area contributed by atoms with Crippen molar-refractivity contribution in [1.29, 1.82) is 0 Å². The average Bonchev–Trinajstić information content (AvgIpc) is 3.21.